The molecule has 0 atom stereocenters. The fraction of sp³-hybridized carbons (Fsp3) is 0.143. The van der Waals surface area contributed by atoms with Crippen molar-refractivity contribution in [1.29, 1.82) is 0 Å². The summed E-state index contributed by atoms with van der Waals surface area (Å²) in [6.45, 7) is 0.936. The quantitative estimate of drug-likeness (QED) is 0.200. The summed E-state index contributed by atoms with van der Waals surface area (Å²) in [6.07, 6.45) is 0. The first kappa shape index (κ1) is 21.4. The predicted molar refractivity (Wildman–Crippen MR) is 125 cm³/mol. The number of halogens is 2. The van der Waals surface area contributed by atoms with E-state index in [4.69, 9.17) is 9.47 Å². The van der Waals surface area contributed by atoms with Crippen molar-refractivity contribution in [2.24, 2.45) is 0 Å². The Kier molecular flexibility index (Phi) is 7.32. The summed E-state index contributed by atoms with van der Waals surface area (Å²) in [4.78, 5) is 10.5. The lowest BCUT2D eigenvalue weighted by atomic mass is 10.2. The minimum absolute atomic E-state index is 0.0545. The Bertz CT molecular complexity index is 1010. The summed E-state index contributed by atoms with van der Waals surface area (Å²) >= 11 is 5.65. The molecule has 0 heterocycles. The molecule has 6 nitrogen and oxygen atoms in total. The highest BCUT2D eigenvalue weighted by Gasteiger charge is 2.13. The molecule has 0 fully saturated rings. The van der Waals surface area contributed by atoms with E-state index in [0.29, 0.717) is 30.3 Å². The molecule has 0 saturated carbocycles. The summed E-state index contributed by atoms with van der Waals surface area (Å²) in [6, 6.07) is 18.3. The number of anilines is 1. The molecule has 0 unspecified atom stereocenters. The normalized spacial score (nSPS) is 10.4. The van der Waals surface area contributed by atoms with Gasteiger partial charge in [0, 0.05) is 28.8 Å². The number of nitro benzene ring substituents is 1. The maximum Gasteiger partial charge on any atom is 0.271 e. The highest BCUT2D eigenvalue weighted by molar-refractivity contribution is 14.1. The summed E-state index contributed by atoms with van der Waals surface area (Å²) in [7, 11) is 1.61. The van der Waals surface area contributed by atoms with Gasteiger partial charge in [0.2, 0.25) is 0 Å². The van der Waals surface area contributed by atoms with Crippen molar-refractivity contribution in [3.8, 4) is 11.5 Å². The van der Waals surface area contributed by atoms with Crippen LogP contribution in [0.3, 0.4) is 0 Å². The Morgan fingerprint density at radius 2 is 1.86 bits per heavy atom. The largest absolute Gasteiger partial charge is 0.493 e. The van der Waals surface area contributed by atoms with Gasteiger partial charge in [-0.05, 0) is 64.0 Å². The van der Waals surface area contributed by atoms with E-state index in [1.165, 1.54) is 12.1 Å². The van der Waals surface area contributed by atoms with Crippen LogP contribution in [0.4, 0.5) is 11.4 Å². The molecule has 1 N–H and O–H groups in total. The number of ether oxygens (including phenoxy) is 2. The Morgan fingerprint density at radius 3 is 2.55 bits per heavy atom. The molecular weight excluding hydrogens is 551 g/mol. The summed E-state index contributed by atoms with van der Waals surface area (Å²) < 4.78 is 13.5. The van der Waals surface area contributed by atoms with E-state index in [0.717, 1.165) is 19.2 Å². The van der Waals surface area contributed by atoms with Gasteiger partial charge < -0.3 is 14.8 Å². The lowest BCUT2D eigenvalue weighted by Crippen LogP contribution is -2.04. The summed E-state index contributed by atoms with van der Waals surface area (Å²) in [5.41, 5.74) is 2.78. The van der Waals surface area contributed by atoms with Crippen LogP contribution in [0.15, 0.2) is 65.1 Å². The fourth-order valence-electron chi connectivity index (χ4n) is 2.69. The third-order valence-corrected chi connectivity index (χ3v) is 5.47. The van der Waals surface area contributed by atoms with Gasteiger partial charge in [0.15, 0.2) is 11.5 Å². The van der Waals surface area contributed by atoms with E-state index in [-0.39, 0.29) is 5.69 Å². The molecule has 0 aliphatic carbocycles. The molecule has 3 rings (SSSR count). The summed E-state index contributed by atoms with van der Waals surface area (Å²) in [5, 5.41) is 14.1. The lowest BCUT2D eigenvalue weighted by Gasteiger charge is -2.15. The third kappa shape index (κ3) is 5.83. The van der Waals surface area contributed by atoms with Crippen LogP contribution >= 0.6 is 38.5 Å². The maximum atomic E-state index is 10.9. The molecule has 150 valence electrons. The second-order valence-corrected chi connectivity index (χ2v) is 8.26. The maximum absolute atomic E-state index is 10.9. The smallest absolute Gasteiger partial charge is 0.271 e. The van der Waals surface area contributed by atoms with Crippen molar-refractivity contribution in [2.45, 2.75) is 13.2 Å². The zero-order valence-corrected chi connectivity index (χ0v) is 19.3. The number of non-ortho nitro benzene ring substituents is 1. The number of benzene rings is 3. The fourth-order valence-corrected chi connectivity index (χ4v) is 3.77. The standard InChI is InChI=1S/C21H18BrIN2O4/c1-28-20-10-15(12-24-17-3-2-4-18(11-17)25(26)27)9-19(23)21(20)29-13-14-5-7-16(22)8-6-14/h2-11,24H,12-13H2,1H3. The van der Waals surface area contributed by atoms with Crippen LogP contribution in [0.2, 0.25) is 0 Å². The Balaban J connectivity index is 1.71. The van der Waals surface area contributed by atoms with Gasteiger partial charge in [-0.15, -0.1) is 0 Å². The van der Waals surface area contributed by atoms with Crippen LogP contribution in [-0.2, 0) is 13.2 Å². The van der Waals surface area contributed by atoms with Gasteiger partial charge >= 0.3 is 0 Å². The van der Waals surface area contributed by atoms with Crippen LogP contribution in [0.25, 0.3) is 0 Å². The molecule has 0 aliphatic heterocycles. The molecular formula is C21H18BrIN2O4. The molecule has 0 radical (unpaired) electrons. The van der Waals surface area contributed by atoms with E-state index in [2.05, 4.69) is 43.8 Å². The average Bonchev–Trinajstić information content (AvgIpc) is 2.72. The number of hydrogen-bond acceptors (Lipinski definition) is 5. The number of rotatable bonds is 8. The first-order chi connectivity index (χ1) is 14.0. The van der Waals surface area contributed by atoms with E-state index in [1.54, 1.807) is 19.2 Å². The minimum Gasteiger partial charge on any atom is -0.493 e. The second-order valence-electron chi connectivity index (χ2n) is 6.19. The zero-order chi connectivity index (χ0) is 20.8. The predicted octanol–water partition coefficient (Wildman–Crippen LogP) is 6.16. The highest BCUT2D eigenvalue weighted by Crippen LogP contribution is 2.35. The molecule has 0 spiro atoms. The molecule has 29 heavy (non-hydrogen) atoms. The third-order valence-electron chi connectivity index (χ3n) is 4.14. The van der Waals surface area contributed by atoms with Crippen molar-refractivity contribution in [1.82, 2.24) is 0 Å². The number of nitro groups is 1. The SMILES string of the molecule is COc1cc(CNc2cccc([N+](=O)[O-])c2)cc(I)c1OCc1ccc(Br)cc1. The molecule has 3 aromatic carbocycles. The summed E-state index contributed by atoms with van der Waals surface area (Å²) in [5.74, 6) is 1.33. The van der Waals surface area contributed by atoms with Crippen LogP contribution in [0, 0.1) is 13.7 Å². The van der Waals surface area contributed by atoms with E-state index in [9.17, 15) is 10.1 Å². The minimum atomic E-state index is -0.408. The number of nitrogens with one attached hydrogen (secondary N) is 1. The van der Waals surface area contributed by atoms with Crippen LogP contribution in [-0.4, -0.2) is 12.0 Å². The number of nitrogens with zero attached hydrogens (tertiary/aromatic N) is 1. The van der Waals surface area contributed by atoms with Crippen molar-refractivity contribution in [3.63, 3.8) is 0 Å². The molecule has 0 saturated heterocycles. The Labute approximate surface area is 190 Å². The van der Waals surface area contributed by atoms with Crippen molar-refractivity contribution in [2.75, 3.05) is 12.4 Å². The van der Waals surface area contributed by atoms with Gasteiger partial charge in [0.05, 0.1) is 15.6 Å². The van der Waals surface area contributed by atoms with Gasteiger partial charge in [-0.3, -0.25) is 10.1 Å². The van der Waals surface area contributed by atoms with Crippen LogP contribution < -0.4 is 14.8 Å². The molecule has 0 aliphatic rings. The monoisotopic (exact) mass is 568 g/mol. The first-order valence-electron chi connectivity index (χ1n) is 8.68. The van der Waals surface area contributed by atoms with Gasteiger partial charge in [0.1, 0.15) is 6.61 Å². The topological polar surface area (TPSA) is 73.6 Å². The van der Waals surface area contributed by atoms with E-state index < -0.39 is 4.92 Å². The molecule has 0 aromatic heterocycles. The van der Waals surface area contributed by atoms with Crippen LogP contribution in [0.1, 0.15) is 11.1 Å². The Hall–Kier alpha value is -2.33. The first-order valence-corrected chi connectivity index (χ1v) is 10.6. The van der Waals surface area contributed by atoms with Gasteiger partial charge in [-0.2, -0.15) is 0 Å². The van der Waals surface area contributed by atoms with Crippen molar-refractivity contribution < 1.29 is 14.4 Å². The lowest BCUT2D eigenvalue weighted by molar-refractivity contribution is -0.384. The van der Waals surface area contributed by atoms with Gasteiger partial charge in [0.25, 0.3) is 5.69 Å². The average molecular weight is 569 g/mol. The van der Waals surface area contributed by atoms with Crippen molar-refractivity contribution in [3.05, 3.63) is 89.9 Å². The molecule has 3 aromatic rings. The van der Waals surface area contributed by atoms with Crippen LogP contribution in [0.5, 0.6) is 11.5 Å². The molecule has 8 heteroatoms. The van der Waals surface area contributed by atoms with E-state index >= 15 is 0 Å². The molecule has 0 bridgehead atoms. The van der Waals surface area contributed by atoms with E-state index in [1.807, 2.05) is 36.4 Å². The Morgan fingerprint density at radius 1 is 1.10 bits per heavy atom. The number of hydrogen-bond donors (Lipinski definition) is 1. The highest BCUT2D eigenvalue weighted by atomic mass is 127. The van der Waals surface area contributed by atoms with Gasteiger partial charge in [-0.25, -0.2) is 0 Å². The second kappa shape index (κ2) is 9.93. The number of methoxy groups -OCH3 is 1. The van der Waals surface area contributed by atoms with Crippen molar-refractivity contribution >= 4 is 49.9 Å². The molecule has 0 amide bonds. The van der Waals surface area contributed by atoms with Gasteiger partial charge in [-0.1, -0.05) is 34.1 Å². The zero-order valence-electron chi connectivity index (χ0n) is 15.5.